The third-order valence-electron chi connectivity index (χ3n) is 6.96. The van der Waals surface area contributed by atoms with Gasteiger partial charge in [-0.15, -0.1) is 0 Å². The molecule has 8 nitrogen and oxygen atoms in total. The summed E-state index contributed by atoms with van der Waals surface area (Å²) in [5.41, 5.74) is 4.20. The first kappa shape index (κ1) is 27.2. The van der Waals surface area contributed by atoms with E-state index in [1.807, 2.05) is 73.6 Å². The van der Waals surface area contributed by atoms with Gasteiger partial charge < -0.3 is 24.6 Å². The average molecular weight is 539 g/mol. The second-order valence-corrected chi connectivity index (χ2v) is 10.4. The zero-order valence-corrected chi connectivity index (χ0v) is 23.9. The van der Waals surface area contributed by atoms with E-state index in [0.29, 0.717) is 18.3 Å². The third kappa shape index (κ3) is 6.11. The van der Waals surface area contributed by atoms with Crippen LogP contribution in [0.5, 0.6) is 11.5 Å². The summed E-state index contributed by atoms with van der Waals surface area (Å²) in [6.07, 6.45) is 14.8. The topological polar surface area (TPSA) is 75.6 Å². The number of nitrogens with one attached hydrogen (secondary N) is 1. The Morgan fingerprint density at radius 1 is 1.23 bits per heavy atom. The molecule has 40 heavy (non-hydrogen) atoms. The fourth-order valence-electron chi connectivity index (χ4n) is 4.89. The molecule has 3 aromatic rings. The van der Waals surface area contributed by atoms with Crippen molar-refractivity contribution in [3.63, 3.8) is 0 Å². The molecule has 2 aliphatic rings. The Morgan fingerprint density at radius 3 is 2.88 bits per heavy atom. The maximum absolute atomic E-state index is 6.17. The lowest BCUT2D eigenvalue weighted by molar-refractivity contribution is 0.273. The Morgan fingerprint density at radius 2 is 2.10 bits per heavy atom. The number of hydrogen-bond acceptors (Lipinski definition) is 8. The van der Waals surface area contributed by atoms with Gasteiger partial charge in [-0.2, -0.15) is 0 Å². The molecule has 8 heteroatoms. The van der Waals surface area contributed by atoms with Gasteiger partial charge in [0.15, 0.2) is 17.4 Å². The number of rotatable bonds is 9. The molecule has 1 unspecified atom stereocenters. The van der Waals surface area contributed by atoms with E-state index in [2.05, 4.69) is 40.6 Å². The molecule has 2 aliphatic heterocycles. The van der Waals surface area contributed by atoms with Crippen molar-refractivity contribution in [1.29, 1.82) is 0 Å². The predicted molar refractivity (Wildman–Crippen MR) is 162 cm³/mol. The summed E-state index contributed by atoms with van der Waals surface area (Å²) >= 11 is 0. The van der Waals surface area contributed by atoms with Crippen LogP contribution in [-0.4, -0.2) is 39.5 Å². The normalized spacial score (nSPS) is 17.1. The number of hydrogen-bond donors (Lipinski definition) is 1. The van der Waals surface area contributed by atoms with E-state index in [0.717, 1.165) is 70.6 Å². The molecular weight excluding hydrogens is 500 g/mol. The van der Waals surface area contributed by atoms with Gasteiger partial charge in [-0.3, -0.25) is 0 Å². The number of aryl methyl sites for hydroxylation is 1. The van der Waals surface area contributed by atoms with Crippen molar-refractivity contribution in [2.45, 2.75) is 47.0 Å². The van der Waals surface area contributed by atoms with E-state index >= 15 is 0 Å². The number of pyridine rings is 1. The van der Waals surface area contributed by atoms with Gasteiger partial charge in [-0.1, -0.05) is 39.3 Å². The molecule has 0 bridgehead atoms. The molecule has 0 fully saturated rings. The minimum absolute atomic E-state index is 0.413. The van der Waals surface area contributed by atoms with Gasteiger partial charge in [0.05, 0.1) is 12.1 Å². The second-order valence-electron chi connectivity index (χ2n) is 10.4. The van der Waals surface area contributed by atoms with Crippen LogP contribution >= 0.6 is 0 Å². The quantitative estimate of drug-likeness (QED) is 0.286. The number of aromatic nitrogens is 3. The molecule has 1 aromatic carbocycles. The molecule has 1 N–H and O–H groups in total. The lowest BCUT2D eigenvalue weighted by Gasteiger charge is -2.24. The Kier molecular flexibility index (Phi) is 8.34. The fourth-order valence-corrected chi connectivity index (χ4v) is 4.89. The molecule has 208 valence electrons. The SMILES string of the molecule is C=C1C=C(Oc2ccc(Nc3ncnc4cc5c(nc34)N(CCCCC)CC(C)CO5)cc2C)C=CN1/C=C\C. The van der Waals surface area contributed by atoms with Crippen LogP contribution in [0, 0.1) is 12.8 Å². The minimum Gasteiger partial charge on any atom is -0.489 e. The van der Waals surface area contributed by atoms with Gasteiger partial charge in [-0.05, 0) is 50.1 Å². The molecule has 0 amide bonds. The van der Waals surface area contributed by atoms with Crippen molar-refractivity contribution in [2.75, 3.05) is 29.9 Å². The van der Waals surface area contributed by atoms with Gasteiger partial charge in [0.25, 0.3) is 0 Å². The first-order valence-electron chi connectivity index (χ1n) is 14.0. The van der Waals surface area contributed by atoms with Gasteiger partial charge in [-0.25, -0.2) is 15.0 Å². The highest BCUT2D eigenvalue weighted by molar-refractivity contribution is 5.90. The standard InChI is InChI=1S/C32H38N6O2/c1-6-8-9-14-38-19-22(3)20-39-29-18-27-30(36-32(29)38)31(34-21-33-27)35-25-10-11-28(23(4)16-25)40-26-12-15-37(13-7-2)24(5)17-26/h7,10-13,15-18,21-22H,5-6,8-9,14,19-20H2,1-4H3,(H,33,34,35)/b13-7-. The van der Waals surface area contributed by atoms with Crippen LogP contribution in [0.25, 0.3) is 11.0 Å². The van der Waals surface area contributed by atoms with Crippen molar-refractivity contribution in [1.82, 2.24) is 19.9 Å². The number of anilines is 3. The Bertz CT molecular complexity index is 1480. The summed E-state index contributed by atoms with van der Waals surface area (Å²) in [6, 6.07) is 7.98. The molecule has 0 saturated heterocycles. The maximum atomic E-state index is 6.17. The lowest BCUT2D eigenvalue weighted by atomic mass is 10.1. The monoisotopic (exact) mass is 538 g/mol. The molecule has 1 atom stereocenters. The number of ether oxygens (including phenoxy) is 2. The predicted octanol–water partition coefficient (Wildman–Crippen LogP) is 7.24. The Hall–Kier alpha value is -4.33. The van der Waals surface area contributed by atoms with Crippen LogP contribution < -0.4 is 19.7 Å². The van der Waals surface area contributed by atoms with Crippen LogP contribution in [0.2, 0.25) is 0 Å². The van der Waals surface area contributed by atoms with Crippen molar-refractivity contribution in [2.24, 2.45) is 5.92 Å². The fraction of sp³-hybridized carbons (Fsp3) is 0.344. The first-order chi connectivity index (χ1) is 19.4. The average Bonchev–Trinajstić information content (AvgIpc) is 3.09. The molecule has 0 radical (unpaired) electrons. The smallest absolute Gasteiger partial charge is 0.172 e. The van der Waals surface area contributed by atoms with Crippen molar-refractivity contribution >= 4 is 28.4 Å². The molecule has 0 aliphatic carbocycles. The van der Waals surface area contributed by atoms with E-state index in [4.69, 9.17) is 14.5 Å². The summed E-state index contributed by atoms with van der Waals surface area (Å²) in [5.74, 6) is 4.24. The van der Waals surface area contributed by atoms with E-state index in [1.54, 1.807) is 6.33 Å². The maximum Gasteiger partial charge on any atom is 0.172 e. The number of allylic oxidation sites excluding steroid dienone is 3. The summed E-state index contributed by atoms with van der Waals surface area (Å²) in [6.45, 7) is 15.1. The molecule has 0 saturated carbocycles. The van der Waals surface area contributed by atoms with Crippen LogP contribution in [-0.2, 0) is 0 Å². The van der Waals surface area contributed by atoms with Crippen LogP contribution in [0.4, 0.5) is 17.3 Å². The zero-order chi connectivity index (χ0) is 28.1. The summed E-state index contributed by atoms with van der Waals surface area (Å²) in [4.78, 5) is 18.4. The first-order valence-corrected chi connectivity index (χ1v) is 14.0. The lowest BCUT2D eigenvalue weighted by Crippen LogP contribution is -2.30. The van der Waals surface area contributed by atoms with Crippen LogP contribution in [0.15, 0.2) is 79.3 Å². The summed E-state index contributed by atoms with van der Waals surface area (Å²) in [5, 5.41) is 3.46. The number of nitrogens with zero attached hydrogens (tertiary/aromatic N) is 5. The highest BCUT2D eigenvalue weighted by Crippen LogP contribution is 2.35. The van der Waals surface area contributed by atoms with Gasteiger partial charge in [0, 0.05) is 54.9 Å². The van der Waals surface area contributed by atoms with E-state index in [9.17, 15) is 0 Å². The molecule has 5 rings (SSSR count). The molecule has 0 spiro atoms. The minimum atomic E-state index is 0.413. The Balaban J connectivity index is 1.38. The molecular formula is C32H38N6O2. The number of fused-ring (bicyclic) bond motifs is 2. The van der Waals surface area contributed by atoms with Crippen molar-refractivity contribution in [3.05, 3.63) is 84.8 Å². The van der Waals surface area contributed by atoms with E-state index in [1.165, 1.54) is 12.8 Å². The van der Waals surface area contributed by atoms with Crippen LogP contribution in [0.3, 0.4) is 0 Å². The molecule has 4 heterocycles. The highest BCUT2D eigenvalue weighted by Gasteiger charge is 2.24. The summed E-state index contributed by atoms with van der Waals surface area (Å²) in [7, 11) is 0. The van der Waals surface area contributed by atoms with Crippen LogP contribution in [0.1, 0.15) is 45.6 Å². The van der Waals surface area contributed by atoms with E-state index in [-0.39, 0.29) is 0 Å². The highest BCUT2D eigenvalue weighted by atomic mass is 16.5. The largest absolute Gasteiger partial charge is 0.489 e. The second kappa shape index (κ2) is 12.2. The van der Waals surface area contributed by atoms with Crippen molar-refractivity contribution < 1.29 is 9.47 Å². The molecule has 2 aromatic heterocycles. The van der Waals surface area contributed by atoms with Gasteiger partial charge in [0.1, 0.15) is 23.4 Å². The van der Waals surface area contributed by atoms with Crippen molar-refractivity contribution in [3.8, 4) is 11.5 Å². The van der Waals surface area contributed by atoms with Gasteiger partial charge >= 0.3 is 0 Å². The third-order valence-corrected chi connectivity index (χ3v) is 6.96. The van der Waals surface area contributed by atoms with E-state index < -0.39 is 0 Å². The zero-order valence-electron chi connectivity index (χ0n) is 23.9. The van der Waals surface area contributed by atoms with Gasteiger partial charge in [0.2, 0.25) is 0 Å². The number of benzene rings is 1. The number of unbranched alkanes of at least 4 members (excludes halogenated alkanes) is 2. The summed E-state index contributed by atoms with van der Waals surface area (Å²) < 4.78 is 12.3. The Labute approximate surface area is 236 Å².